The lowest BCUT2D eigenvalue weighted by atomic mass is 10.4. The summed E-state index contributed by atoms with van der Waals surface area (Å²) >= 11 is 0. The van der Waals surface area contributed by atoms with Crippen LogP contribution < -0.4 is 0 Å². The number of aliphatic hydroxyl groups is 1. The van der Waals surface area contributed by atoms with Crippen molar-refractivity contribution >= 4 is 6.16 Å². The van der Waals surface area contributed by atoms with Crippen LogP contribution in [-0.2, 0) is 4.74 Å². The fourth-order valence-electron chi connectivity index (χ4n) is 1.43. The summed E-state index contributed by atoms with van der Waals surface area (Å²) in [6.45, 7) is 1.33. The third-order valence-electron chi connectivity index (χ3n) is 1.93. The minimum Gasteiger partial charge on any atom is -0.450 e. The van der Waals surface area contributed by atoms with Crippen molar-refractivity contribution in [2.45, 2.75) is 19.1 Å². The molecule has 0 bridgehead atoms. The summed E-state index contributed by atoms with van der Waals surface area (Å²) in [5.74, 6) is 0. The van der Waals surface area contributed by atoms with E-state index in [0.29, 0.717) is 6.54 Å². The van der Waals surface area contributed by atoms with Crippen molar-refractivity contribution in [2.75, 3.05) is 19.7 Å². The number of β-amino-alcohol motifs (C(OH)–C–C–N with tert-alkyl or cyclic N) is 1. The van der Waals surface area contributed by atoms with Gasteiger partial charge in [-0.25, -0.2) is 4.79 Å². The van der Waals surface area contributed by atoms with E-state index in [1.165, 1.54) is 0 Å². The van der Waals surface area contributed by atoms with Gasteiger partial charge in [0.15, 0.2) is 6.23 Å². The Morgan fingerprint density at radius 3 is 3.00 bits per heavy atom. The number of hydrogen-bond donors (Lipinski definition) is 2. The van der Waals surface area contributed by atoms with Gasteiger partial charge in [-0.05, 0) is 12.8 Å². The predicted molar refractivity (Wildman–Crippen MR) is 40.8 cm³/mol. The molecule has 70 valence electrons. The zero-order valence-electron chi connectivity index (χ0n) is 6.77. The lowest BCUT2D eigenvalue weighted by Gasteiger charge is -2.21. The average molecular weight is 175 g/mol. The molecule has 0 saturated carbocycles. The van der Waals surface area contributed by atoms with Crippen LogP contribution in [0.25, 0.3) is 0 Å². The van der Waals surface area contributed by atoms with E-state index in [1.807, 2.05) is 4.90 Å². The summed E-state index contributed by atoms with van der Waals surface area (Å²) in [5.41, 5.74) is 0. The zero-order valence-corrected chi connectivity index (χ0v) is 6.77. The molecule has 1 atom stereocenters. The van der Waals surface area contributed by atoms with Gasteiger partial charge in [-0.15, -0.1) is 0 Å². The zero-order chi connectivity index (χ0) is 8.97. The second-order valence-electron chi connectivity index (χ2n) is 2.74. The molecular formula is C7H13NO4. The van der Waals surface area contributed by atoms with Crippen molar-refractivity contribution in [3.8, 4) is 0 Å². The Morgan fingerprint density at radius 2 is 2.42 bits per heavy atom. The van der Waals surface area contributed by atoms with E-state index in [-0.39, 0.29) is 12.8 Å². The molecule has 1 heterocycles. The van der Waals surface area contributed by atoms with Crippen molar-refractivity contribution in [1.82, 2.24) is 4.90 Å². The smallest absolute Gasteiger partial charge is 0.450 e. The largest absolute Gasteiger partial charge is 0.507 e. The van der Waals surface area contributed by atoms with Crippen LogP contribution in [0.1, 0.15) is 12.8 Å². The van der Waals surface area contributed by atoms with Crippen LogP contribution in [0.5, 0.6) is 0 Å². The molecule has 1 fully saturated rings. The molecule has 0 aliphatic carbocycles. The van der Waals surface area contributed by atoms with E-state index in [0.717, 1.165) is 19.4 Å². The summed E-state index contributed by atoms with van der Waals surface area (Å²) in [5, 5.41) is 17.0. The summed E-state index contributed by atoms with van der Waals surface area (Å²) < 4.78 is 4.61. The number of nitrogens with zero attached hydrogens (tertiary/aromatic N) is 1. The first-order valence-electron chi connectivity index (χ1n) is 3.98. The number of rotatable bonds is 3. The highest BCUT2D eigenvalue weighted by molar-refractivity contribution is 5.57. The summed E-state index contributed by atoms with van der Waals surface area (Å²) in [6, 6.07) is 0. The highest BCUT2D eigenvalue weighted by Crippen LogP contribution is 2.17. The van der Waals surface area contributed by atoms with Gasteiger partial charge >= 0.3 is 6.16 Å². The summed E-state index contributed by atoms with van der Waals surface area (Å²) in [4.78, 5) is 12.0. The number of hydrogen-bond acceptors (Lipinski definition) is 4. The average Bonchev–Trinajstić information content (AvgIpc) is 2.37. The van der Waals surface area contributed by atoms with Gasteiger partial charge in [0.2, 0.25) is 0 Å². The van der Waals surface area contributed by atoms with E-state index < -0.39 is 6.16 Å². The number of ether oxygens (including phenoxy) is 1. The Hall–Kier alpha value is -0.810. The Kier molecular flexibility index (Phi) is 3.31. The second kappa shape index (κ2) is 4.27. The standard InChI is InChI=1S/C7H13NO4/c9-5-4-8-3-1-2-6(8)12-7(10)11/h6,9H,1-5H2,(H,10,11). The molecule has 5 nitrogen and oxygen atoms in total. The van der Waals surface area contributed by atoms with Gasteiger partial charge in [0.1, 0.15) is 0 Å². The minimum absolute atomic E-state index is 0.0411. The number of carboxylic acid groups (broad SMARTS) is 1. The molecule has 1 rings (SSSR count). The molecule has 0 amide bonds. The van der Waals surface area contributed by atoms with Crippen molar-refractivity contribution in [1.29, 1.82) is 0 Å². The van der Waals surface area contributed by atoms with Crippen molar-refractivity contribution in [2.24, 2.45) is 0 Å². The first-order chi connectivity index (χ1) is 5.74. The number of likely N-dealkylation sites (tertiary alicyclic amines) is 1. The maximum Gasteiger partial charge on any atom is 0.507 e. The van der Waals surface area contributed by atoms with Gasteiger partial charge in [0.25, 0.3) is 0 Å². The molecule has 0 aromatic heterocycles. The van der Waals surface area contributed by atoms with Gasteiger partial charge in [-0.3, -0.25) is 4.90 Å². The van der Waals surface area contributed by atoms with E-state index in [4.69, 9.17) is 10.2 Å². The third kappa shape index (κ3) is 2.35. The van der Waals surface area contributed by atoms with Gasteiger partial charge in [0, 0.05) is 13.1 Å². The third-order valence-corrected chi connectivity index (χ3v) is 1.93. The molecule has 0 spiro atoms. The van der Waals surface area contributed by atoms with Crippen LogP contribution in [-0.4, -0.2) is 47.2 Å². The summed E-state index contributed by atoms with van der Waals surface area (Å²) in [6.07, 6.45) is 0.0593. The second-order valence-corrected chi connectivity index (χ2v) is 2.74. The Labute approximate surface area is 70.5 Å². The van der Waals surface area contributed by atoms with Crippen LogP contribution in [0.2, 0.25) is 0 Å². The normalized spacial score (nSPS) is 24.2. The van der Waals surface area contributed by atoms with Gasteiger partial charge < -0.3 is 14.9 Å². The highest BCUT2D eigenvalue weighted by Gasteiger charge is 2.26. The van der Waals surface area contributed by atoms with E-state index in [9.17, 15) is 4.79 Å². The van der Waals surface area contributed by atoms with Crippen LogP contribution in [0.3, 0.4) is 0 Å². The monoisotopic (exact) mass is 175 g/mol. The first-order valence-corrected chi connectivity index (χ1v) is 3.98. The minimum atomic E-state index is -1.25. The molecule has 5 heteroatoms. The molecule has 12 heavy (non-hydrogen) atoms. The highest BCUT2D eigenvalue weighted by atomic mass is 16.7. The van der Waals surface area contributed by atoms with Crippen molar-refractivity contribution in [3.05, 3.63) is 0 Å². The number of aliphatic hydroxyl groups excluding tert-OH is 1. The lowest BCUT2D eigenvalue weighted by molar-refractivity contribution is -0.0184. The molecule has 1 unspecified atom stereocenters. The Morgan fingerprint density at radius 1 is 1.67 bits per heavy atom. The molecule has 0 aromatic carbocycles. The maximum absolute atomic E-state index is 10.2. The number of carbonyl (C=O) groups is 1. The molecule has 1 aliphatic heterocycles. The van der Waals surface area contributed by atoms with Crippen LogP contribution in [0, 0.1) is 0 Å². The SMILES string of the molecule is O=C(O)OC1CCCN1CCO. The Balaban J connectivity index is 2.35. The van der Waals surface area contributed by atoms with Crippen molar-refractivity contribution in [3.63, 3.8) is 0 Å². The van der Waals surface area contributed by atoms with E-state index >= 15 is 0 Å². The van der Waals surface area contributed by atoms with Crippen LogP contribution >= 0.6 is 0 Å². The maximum atomic E-state index is 10.2. The fourth-order valence-corrected chi connectivity index (χ4v) is 1.43. The molecule has 2 N–H and O–H groups in total. The molecule has 0 radical (unpaired) electrons. The molecular weight excluding hydrogens is 162 g/mol. The summed E-state index contributed by atoms with van der Waals surface area (Å²) in [7, 11) is 0. The quantitative estimate of drug-likeness (QED) is 0.595. The van der Waals surface area contributed by atoms with E-state index in [2.05, 4.69) is 4.74 Å². The van der Waals surface area contributed by atoms with Crippen LogP contribution in [0.4, 0.5) is 4.79 Å². The first kappa shape index (κ1) is 9.28. The van der Waals surface area contributed by atoms with Gasteiger partial charge in [0.05, 0.1) is 6.61 Å². The van der Waals surface area contributed by atoms with Gasteiger partial charge in [-0.1, -0.05) is 0 Å². The predicted octanol–water partition coefficient (Wildman–Crippen LogP) is 0.0952. The lowest BCUT2D eigenvalue weighted by Crippen LogP contribution is -2.35. The molecule has 1 aliphatic rings. The van der Waals surface area contributed by atoms with Crippen LogP contribution in [0.15, 0.2) is 0 Å². The van der Waals surface area contributed by atoms with Crippen molar-refractivity contribution < 1.29 is 19.7 Å². The fraction of sp³-hybridized carbons (Fsp3) is 0.857. The topological polar surface area (TPSA) is 70.0 Å². The molecule has 1 saturated heterocycles. The van der Waals surface area contributed by atoms with E-state index in [1.54, 1.807) is 0 Å². The van der Waals surface area contributed by atoms with Gasteiger partial charge in [-0.2, -0.15) is 0 Å². The molecule has 0 aromatic rings. The Bertz CT molecular complexity index is 161.